The Balaban J connectivity index is 1.23. The number of hydrogen-bond donors (Lipinski definition) is 1. The zero-order valence-corrected chi connectivity index (χ0v) is 22.3. The average Bonchev–Trinajstić information content (AvgIpc) is 3.36. The van der Waals surface area contributed by atoms with Gasteiger partial charge in [0.1, 0.15) is 6.04 Å². The number of amides is 1. The SMILES string of the molecule is Cn1cncc1CN1c2ccc(C#N)cc2CCC1C(=O)NCC1CCN(S(=O)(=O)c2ccccc2)CC1. The van der Waals surface area contributed by atoms with Crippen molar-refractivity contribution in [2.75, 3.05) is 24.5 Å². The van der Waals surface area contributed by atoms with Crippen LogP contribution in [0, 0.1) is 17.2 Å². The number of carbonyl (C=O) groups is 1. The Bertz CT molecular complexity index is 1440. The van der Waals surface area contributed by atoms with Crippen molar-refractivity contribution in [3.63, 3.8) is 0 Å². The number of nitrogens with zero attached hydrogens (tertiary/aromatic N) is 5. The first-order valence-corrected chi connectivity index (χ1v) is 14.4. The summed E-state index contributed by atoms with van der Waals surface area (Å²) in [7, 11) is -1.56. The van der Waals surface area contributed by atoms with Gasteiger partial charge in [-0.2, -0.15) is 9.57 Å². The van der Waals surface area contributed by atoms with Crippen molar-refractivity contribution in [2.24, 2.45) is 13.0 Å². The third-order valence-corrected chi connectivity index (χ3v) is 9.57. The summed E-state index contributed by atoms with van der Waals surface area (Å²) in [6, 6.07) is 16.0. The maximum atomic E-state index is 13.5. The van der Waals surface area contributed by atoms with Crippen LogP contribution in [0.2, 0.25) is 0 Å². The first-order chi connectivity index (χ1) is 18.4. The van der Waals surface area contributed by atoms with Crippen LogP contribution in [0.15, 0.2) is 66.0 Å². The third-order valence-electron chi connectivity index (χ3n) is 7.65. The molecule has 0 spiro atoms. The Morgan fingerprint density at radius 1 is 1.13 bits per heavy atom. The van der Waals surface area contributed by atoms with Crippen LogP contribution in [0.4, 0.5) is 5.69 Å². The van der Waals surface area contributed by atoms with Gasteiger partial charge in [0.25, 0.3) is 0 Å². The fourth-order valence-corrected chi connectivity index (χ4v) is 6.88. The summed E-state index contributed by atoms with van der Waals surface area (Å²) < 4.78 is 29.3. The Morgan fingerprint density at radius 3 is 2.58 bits per heavy atom. The quantitative estimate of drug-likeness (QED) is 0.501. The number of fused-ring (bicyclic) bond motifs is 1. The third kappa shape index (κ3) is 5.30. The molecule has 3 heterocycles. The van der Waals surface area contributed by atoms with E-state index in [0.717, 1.165) is 23.4 Å². The molecule has 3 aromatic rings. The van der Waals surface area contributed by atoms with Crippen LogP contribution in [0.3, 0.4) is 0 Å². The van der Waals surface area contributed by atoms with Crippen molar-refractivity contribution in [3.8, 4) is 6.07 Å². The fourth-order valence-electron chi connectivity index (χ4n) is 5.39. The topological polar surface area (TPSA) is 111 Å². The van der Waals surface area contributed by atoms with E-state index in [-0.39, 0.29) is 17.9 Å². The highest BCUT2D eigenvalue weighted by atomic mass is 32.2. The summed E-state index contributed by atoms with van der Waals surface area (Å²) in [5.74, 6) is 0.197. The van der Waals surface area contributed by atoms with Gasteiger partial charge in [-0.1, -0.05) is 18.2 Å². The van der Waals surface area contributed by atoms with Crippen LogP contribution >= 0.6 is 0 Å². The van der Waals surface area contributed by atoms with Gasteiger partial charge in [0.15, 0.2) is 0 Å². The van der Waals surface area contributed by atoms with Crippen molar-refractivity contribution in [2.45, 2.75) is 43.2 Å². The summed E-state index contributed by atoms with van der Waals surface area (Å²) in [6.45, 7) is 1.95. The first kappa shape index (κ1) is 25.9. The van der Waals surface area contributed by atoms with Gasteiger partial charge in [0.2, 0.25) is 15.9 Å². The predicted molar refractivity (Wildman–Crippen MR) is 144 cm³/mol. The van der Waals surface area contributed by atoms with Crippen molar-refractivity contribution in [1.82, 2.24) is 19.2 Å². The molecular formula is C28H32N6O3S. The highest BCUT2D eigenvalue weighted by Gasteiger charge is 2.34. The smallest absolute Gasteiger partial charge is 0.243 e. The number of aromatic nitrogens is 2. The highest BCUT2D eigenvalue weighted by molar-refractivity contribution is 7.89. The number of imidazole rings is 1. The zero-order valence-electron chi connectivity index (χ0n) is 21.5. The summed E-state index contributed by atoms with van der Waals surface area (Å²) in [5, 5.41) is 12.5. The molecule has 2 aromatic carbocycles. The van der Waals surface area contributed by atoms with Gasteiger partial charge in [-0.3, -0.25) is 4.79 Å². The molecule has 38 heavy (non-hydrogen) atoms. The van der Waals surface area contributed by atoms with Gasteiger partial charge >= 0.3 is 0 Å². The number of hydrogen-bond acceptors (Lipinski definition) is 6. The molecule has 1 fully saturated rings. The molecule has 0 saturated carbocycles. The molecule has 9 nitrogen and oxygen atoms in total. The lowest BCUT2D eigenvalue weighted by molar-refractivity contribution is -0.123. The van der Waals surface area contributed by atoms with Gasteiger partial charge in [-0.25, -0.2) is 13.4 Å². The molecule has 0 bridgehead atoms. The fraction of sp³-hybridized carbons (Fsp3) is 0.393. The molecule has 198 valence electrons. The van der Waals surface area contributed by atoms with E-state index in [1.165, 1.54) is 0 Å². The predicted octanol–water partition coefficient (Wildman–Crippen LogP) is 2.83. The number of sulfonamides is 1. The van der Waals surface area contributed by atoms with Crippen LogP contribution in [0.5, 0.6) is 0 Å². The molecule has 2 aliphatic rings. The second-order valence-electron chi connectivity index (χ2n) is 10.0. The summed E-state index contributed by atoms with van der Waals surface area (Å²) in [4.78, 5) is 20.1. The van der Waals surface area contributed by atoms with Gasteiger partial charge < -0.3 is 14.8 Å². The molecular weight excluding hydrogens is 500 g/mol. The number of piperidine rings is 1. The van der Waals surface area contributed by atoms with Gasteiger partial charge in [0.05, 0.1) is 35.1 Å². The van der Waals surface area contributed by atoms with E-state index in [2.05, 4.69) is 21.3 Å². The molecule has 5 rings (SSSR count). The molecule has 1 atom stereocenters. The van der Waals surface area contributed by atoms with Crippen molar-refractivity contribution < 1.29 is 13.2 Å². The molecule has 2 aliphatic heterocycles. The van der Waals surface area contributed by atoms with Crippen molar-refractivity contribution in [3.05, 3.63) is 77.9 Å². The second-order valence-corrected chi connectivity index (χ2v) is 12.0. The van der Waals surface area contributed by atoms with E-state index in [4.69, 9.17) is 0 Å². The minimum absolute atomic E-state index is 0.0264. The maximum Gasteiger partial charge on any atom is 0.243 e. The van der Waals surface area contributed by atoms with Crippen molar-refractivity contribution >= 4 is 21.6 Å². The minimum atomic E-state index is -3.49. The Morgan fingerprint density at radius 2 is 1.89 bits per heavy atom. The number of rotatable bonds is 7. The van der Waals surface area contributed by atoms with Crippen LogP contribution in [-0.4, -0.2) is 53.9 Å². The molecule has 0 aliphatic carbocycles. The van der Waals surface area contributed by atoms with Crippen LogP contribution in [-0.2, 0) is 34.8 Å². The number of anilines is 1. The lowest BCUT2D eigenvalue weighted by Gasteiger charge is -2.38. The monoisotopic (exact) mass is 532 g/mol. The Hall–Kier alpha value is -3.68. The normalized spacial score (nSPS) is 18.5. The molecule has 1 amide bonds. The Labute approximate surface area is 223 Å². The van der Waals surface area contributed by atoms with Gasteiger partial charge in [0, 0.05) is 38.6 Å². The average molecular weight is 533 g/mol. The van der Waals surface area contributed by atoms with Crippen molar-refractivity contribution in [1.29, 1.82) is 5.26 Å². The molecule has 0 radical (unpaired) electrons. The number of aryl methyl sites for hydroxylation is 2. The van der Waals surface area contributed by atoms with E-state index in [9.17, 15) is 18.5 Å². The lowest BCUT2D eigenvalue weighted by atomic mass is 9.93. The van der Waals surface area contributed by atoms with E-state index in [1.54, 1.807) is 47.0 Å². The molecule has 1 saturated heterocycles. The maximum absolute atomic E-state index is 13.5. The molecule has 1 unspecified atom stereocenters. The molecule has 1 aromatic heterocycles. The number of benzene rings is 2. The lowest BCUT2D eigenvalue weighted by Crippen LogP contribution is -2.51. The number of nitriles is 1. The summed E-state index contributed by atoms with van der Waals surface area (Å²) >= 11 is 0. The van der Waals surface area contributed by atoms with Crippen LogP contribution in [0.25, 0.3) is 0 Å². The summed E-state index contributed by atoms with van der Waals surface area (Å²) in [6.07, 6.45) is 6.34. The highest BCUT2D eigenvalue weighted by Crippen LogP contribution is 2.33. The molecule has 1 N–H and O–H groups in total. The number of carbonyl (C=O) groups excluding carboxylic acids is 1. The standard InChI is InChI=1S/C28H32N6O3S/c1-32-20-30-18-24(32)19-34-26-9-7-22(16-29)15-23(26)8-10-27(34)28(35)31-17-21-11-13-33(14-12-21)38(36,37)25-5-3-2-4-6-25/h2-7,9,15,18,20-21,27H,8,10-14,17,19H2,1H3,(H,31,35). The van der Waals surface area contributed by atoms with E-state index in [0.29, 0.717) is 55.9 Å². The number of nitrogens with one attached hydrogen (secondary N) is 1. The van der Waals surface area contributed by atoms with Gasteiger partial charge in [-0.05, 0) is 67.5 Å². The van der Waals surface area contributed by atoms with E-state index < -0.39 is 10.0 Å². The van der Waals surface area contributed by atoms with Gasteiger partial charge in [-0.15, -0.1) is 0 Å². The minimum Gasteiger partial charge on any atom is -0.354 e. The zero-order chi connectivity index (χ0) is 26.7. The first-order valence-electron chi connectivity index (χ1n) is 12.9. The molecule has 10 heteroatoms. The Kier molecular flexibility index (Phi) is 7.49. The van der Waals surface area contributed by atoms with E-state index in [1.807, 2.05) is 29.9 Å². The summed E-state index contributed by atoms with van der Waals surface area (Å²) in [5.41, 5.74) is 3.65. The second kappa shape index (κ2) is 11.0. The van der Waals surface area contributed by atoms with Crippen LogP contribution < -0.4 is 10.2 Å². The van der Waals surface area contributed by atoms with Crippen LogP contribution in [0.1, 0.15) is 36.1 Å². The largest absolute Gasteiger partial charge is 0.354 e. The van der Waals surface area contributed by atoms with E-state index >= 15 is 0 Å².